The summed E-state index contributed by atoms with van der Waals surface area (Å²) < 4.78 is 98.2. The predicted octanol–water partition coefficient (Wildman–Crippen LogP) is 5.31. The van der Waals surface area contributed by atoms with Gasteiger partial charge in [-0.05, 0) is 42.3 Å². The van der Waals surface area contributed by atoms with Crippen LogP contribution in [0.15, 0.2) is 67.1 Å². The molecule has 1 unspecified atom stereocenters. The van der Waals surface area contributed by atoms with Crippen molar-refractivity contribution in [3.63, 3.8) is 0 Å². The van der Waals surface area contributed by atoms with Gasteiger partial charge in [-0.2, -0.15) is 8.78 Å². The van der Waals surface area contributed by atoms with Gasteiger partial charge >= 0.3 is 12.3 Å². The zero-order valence-electron chi connectivity index (χ0n) is 17.1. The fraction of sp³-hybridized carbons (Fsp3) is 0.227. The van der Waals surface area contributed by atoms with Crippen molar-refractivity contribution in [3.05, 3.63) is 95.6 Å². The van der Waals surface area contributed by atoms with Crippen LogP contribution in [-0.4, -0.2) is 23.0 Å². The van der Waals surface area contributed by atoms with E-state index in [-0.39, 0.29) is 5.56 Å². The monoisotopic (exact) mass is 476 g/mol. The third kappa shape index (κ3) is 5.79. The molecule has 11 heteroatoms. The third-order valence-electron chi connectivity index (χ3n) is 4.66. The largest absolute Gasteiger partial charge is 0.573 e. The van der Waals surface area contributed by atoms with Crippen molar-refractivity contribution in [3.8, 4) is 0 Å². The van der Waals surface area contributed by atoms with Gasteiger partial charge in [0.1, 0.15) is 23.1 Å². The molecule has 4 nitrogen and oxygen atoms in total. The Balaban J connectivity index is 2.38. The van der Waals surface area contributed by atoms with E-state index in [1.54, 1.807) is 0 Å². The topological polar surface area (TPSA) is 68.4 Å². The molecule has 0 radical (unpaired) electrons. The van der Waals surface area contributed by atoms with E-state index in [2.05, 4.69) is 16.3 Å². The lowest BCUT2D eigenvalue weighted by molar-refractivity contribution is -0.303. The van der Waals surface area contributed by atoms with E-state index in [9.17, 15) is 27.1 Å². The summed E-state index contributed by atoms with van der Waals surface area (Å²) in [7, 11) is 0. The number of hydrogen-bond acceptors (Lipinski definition) is 4. The molecule has 0 aliphatic rings. The molecule has 0 aliphatic heterocycles. The van der Waals surface area contributed by atoms with Gasteiger partial charge in [0.2, 0.25) is 0 Å². The van der Waals surface area contributed by atoms with E-state index in [1.165, 1.54) is 19.1 Å². The molecule has 1 atom stereocenters. The normalized spacial score (nSPS) is 15.2. The van der Waals surface area contributed by atoms with Gasteiger partial charge in [0.15, 0.2) is 5.60 Å². The maximum Gasteiger partial charge on any atom is 0.573 e. The van der Waals surface area contributed by atoms with Gasteiger partial charge in [-0.15, -0.1) is 13.2 Å². The fourth-order valence-corrected chi connectivity index (χ4v) is 2.84. The number of halogens is 7. The predicted molar refractivity (Wildman–Crippen MR) is 107 cm³/mol. The number of benzene rings is 1. The molecule has 0 saturated heterocycles. The minimum absolute atomic E-state index is 0.255. The summed E-state index contributed by atoms with van der Waals surface area (Å²) in [4.78, 5) is 3.61. The lowest BCUT2D eigenvalue weighted by Crippen LogP contribution is -2.50. The second-order valence-electron chi connectivity index (χ2n) is 6.87. The van der Waals surface area contributed by atoms with E-state index in [0.29, 0.717) is 23.8 Å². The summed E-state index contributed by atoms with van der Waals surface area (Å²) in [5, 5.41) is 10.6. The van der Waals surface area contributed by atoms with E-state index < -0.39 is 53.1 Å². The van der Waals surface area contributed by atoms with Crippen molar-refractivity contribution in [2.75, 3.05) is 6.54 Å². The summed E-state index contributed by atoms with van der Waals surface area (Å²) in [6, 6.07) is 3.72. The second kappa shape index (κ2) is 9.75. The Morgan fingerprint density at radius 2 is 1.79 bits per heavy atom. The van der Waals surface area contributed by atoms with Crippen molar-refractivity contribution in [1.29, 1.82) is 0 Å². The molecule has 1 aromatic heterocycles. The van der Waals surface area contributed by atoms with E-state index in [1.807, 2.05) is 0 Å². The van der Waals surface area contributed by atoms with Gasteiger partial charge in [0, 0.05) is 24.4 Å². The van der Waals surface area contributed by atoms with Gasteiger partial charge in [0.25, 0.3) is 0 Å². The minimum Gasteiger partial charge on any atom is -0.406 e. The molecule has 0 spiro atoms. The highest BCUT2D eigenvalue weighted by molar-refractivity contribution is 5.64. The lowest BCUT2D eigenvalue weighted by Gasteiger charge is -2.35. The first-order valence-electron chi connectivity index (χ1n) is 9.24. The van der Waals surface area contributed by atoms with Crippen molar-refractivity contribution >= 4 is 5.57 Å². The molecule has 0 amide bonds. The van der Waals surface area contributed by atoms with Gasteiger partial charge in [0.05, 0.1) is 0 Å². The molecule has 2 rings (SSSR count). The van der Waals surface area contributed by atoms with Crippen LogP contribution in [0.4, 0.5) is 30.7 Å². The summed E-state index contributed by atoms with van der Waals surface area (Å²) in [6.07, 6.45) is -0.897. The van der Waals surface area contributed by atoms with E-state index in [0.717, 1.165) is 24.4 Å². The van der Waals surface area contributed by atoms with Gasteiger partial charge in [-0.1, -0.05) is 24.8 Å². The Morgan fingerprint density at radius 1 is 1.12 bits per heavy atom. The first-order valence-corrected chi connectivity index (χ1v) is 9.24. The van der Waals surface area contributed by atoms with Gasteiger partial charge in [-0.25, -0.2) is 8.78 Å². The number of allylic oxidation sites excluding steroid dienone is 4. The van der Waals surface area contributed by atoms with E-state index in [4.69, 9.17) is 5.73 Å². The van der Waals surface area contributed by atoms with Crippen LogP contribution in [0.2, 0.25) is 0 Å². The zero-order chi connectivity index (χ0) is 25.0. The molecule has 0 saturated carbocycles. The zero-order valence-corrected chi connectivity index (χ0v) is 17.1. The molecule has 0 fully saturated rings. The molecule has 1 aromatic carbocycles. The van der Waals surface area contributed by atoms with Crippen LogP contribution >= 0.6 is 0 Å². The van der Waals surface area contributed by atoms with Gasteiger partial charge in [-0.3, -0.25) is 4.98 Å². The minimum atomic E-state index is -4.92. The molecule has 178 valence electrons. The Morgan fingerprint density at radius 3 is 2.27 bits per heavy atom. The molecule has 0 bridgehead atoms. The average molecular weight is 476 g/mol. The van der Waals surface area contributed by atoms with Crippen LogP contribution in [0.3, 0.4) is 0 Å². The van der Waals surface area contributed by atoms with Crippen LogP contribution in [0.25, 0.3) is 5.57 Å². The van der Waals surface area contributed by atoms with E-state index >= 15 is 8.78 Å². The van der Waals surface area contributed by atoms with Crippen molar-refractivity contribution in [2.24, 2.45) is 5.73 Å². The van der Waals surface area contributed by atoms with Crippen LogP contribution < -0.4 is 5.73 Å². The Bertz CT molecular complexity index is 1060. The highest BCUT2D eigenvalue weighted by Gasteiger charge is 2.56. The fourth-order valence-electron chi connectivity index (χ4n) is 2.84. The molecule has 2 aromatic rings. The molecule has 0 aliphatic carbocycles. The molecular weight excluding hydrogens is 457 g/mol. The number of nitrogens with zero attached hydrogens (tertiary/aromatic N) is 1. The third-order valence-corrected chi connectivity index (χ3v) is 4.66. The van der Waals surface area contributed by atoms with Crippen LogP contribution in [0, 0.1) is 11.6 Å². The van der Waals surface area contributed by atoms with Crippen LogP contribution in [0.5, 0.6) is 0 Å². The maximum absolute atomic E-state index is 15.2. The lowest BCUT2D eigenvalue weighted by atomic mass is 9.84. The molecular formula is C22H19F7N2O2. The van der Waals surface area contributed by atoms with Crippen LogP contribution in [0.1, 0.15) is 23.7 Å². The number of aromatic nitrogens is 1. The quantitative estimate of drug-likeness (QED) is 0.308. The number of pyridine rings is 1. The average Bonchev–Trinajstić information content (AvgIpc) is 2.75. The standard InChI is InChI=1S/C22H19F7N2O2/c1-3-16(33-22(27,28)29)7-4-13(2)14-5-9-19(31-11-14)21(25,26)20(32,12-30)17-8-6-15(23)10-18(17)24/h3-11,32H,1,12,30H2,2H3/b13-4+,16-7+. The van der Waals surface area contributed by atoms with Crippen molar-refractivity contribution in [2.45, 2.75) is 24.8 Å². The molecule has 3 N–H and O–H groups in total. The van der Waals surface area contributed by atoms with Crippen LogP contribution in [-0.2, 0) is 16.3 Å². The number of nitrogens with two attached hydrogens (primary N) is 1. The van der Waals surface area contributed by atoms with Crippen molar-refractivity contribution in [1.82, 2.24) is 4.98 Å². The number of alkyl halides is 5. The summed E-state index contributed by atoms with van der Waals surface area (Å²) in [5.74, 6) is -7.22. The summed E-state index contributed by atoms with van der Waals surface area (Å²) in [6.45, 7) is 3.57. The number of hydrogen-bond donors (Lipinski definition) is 2. The summed E-state index contributed by atoms with van der Waals surface area (Å²) >= 11 is 0. The second-order valence-corrected chi connectivity index (χ2v) is 6.87. The molecule has 33 heavy (non-hydrogen) atoms. The highest BCUT2D eigenvalue weighted by atomic mass is 19.4. The number of rotatable bonds is 8. The number of aliphatic hydroxyl groups is 1. The smallest absolute Gasteiger partial charge is 0.406 e. The molecule has 1 heterocycles. The first kappa shape index (κ1) is 26.1. The Hall–Kier alpha value is -3.18. The SMILES string of the molecule is C=C/C(=C\C=C(/C)c1ccc(C(F)(F)C(O)(CN)c2ccc(F)cc2F)nc1)OC(F)(F)F. The Labute approximate surface area is 184 Å². The number of ether oxygens (including phenoxy) is 1. The first-order chi connectivity index (χ1) is 15.2. The Kier molecular flexibility index (Phi) is 7.71. The van der Waals surface area contributed by atoms with Crippen molar-refractivity contribution < 1.29 is 40.6 Å². The van der Waals surface area contributed by atoms with Gasteiger partial charge < -0.3 is 15.6 Å². The highest BCUT2D eigenvalue weighted by Crippen LogP contribution is 2.45. The summed E-state index contributed by atoms with van der Waals surface area (Å²) in [5.41, 5.74) is 0.821. The maximum atomic E-state index is 15.2.